The third kappa shape index (κ3) is 5.21. The first kappa shape index (κ1) is 23.7. The van der Waals surface area contributed by atoms with E-state index in [1.165, 1.54) is 30.3 Å². The van der Waals surface area contributed by atoms with E-state index in [2.05, 4.69) is 40.2 Å². The van der Waals surface area contributed by atoms with Crippen LogP contribution in [0.25, 0.3) is 5.57 Å². The van der Waals surface area contributed by atoms with Crippen molar-refractivity contribution >= 4 is 11.4 Å². The molecule has 1 aromatic heterocycles. The summed E-state index contributed by atoms with van der Waals surface area (Å²) in [4.78, 5) is 10.8. The molecule has 1 atom stereocenters. The summed E-state index contributed by atoms with van der Waals surface area (Å²) in [5.74, 6) is 0.175. The van der Waals surface area contributed by atoms with Gasteiger partial charge < -0.3 is 20.4 Å². The minimum absolute atomic E-state index is 0.185. The summed E-state index contributed by atoms with van der Waals surface area (Å²) in [6.45, 7) is 12.5. The topological polar surface area (TPSA) is 48.6 Å². The standard InChI is InChI=1S/C25H34F3N5/c1-16(20-12-21(25(26,27)28)24(29)30-14-20)15-33(17(2)11-19-5-6-19)23-13-22(18(23)3)32-9-7-31(4)8-10-32/h12,14-15,19,23H,2,5-11,13H2,1,3-4H3,(H2,29,30)/b16-15+. The number of hydrogen-bond donors (Lipinski definition) is 1. The van der Waals surface area contributed by atoms with Crippen molar-refractivity contribution in [1.29, 1.82) is 0 Å². The quantitative estimate of drug-likeness (QED) is 0.623. The molecule has 1 saturated heterocycles. The molecule has 0 aromatic carbocycles. The summed E-state index contributed by atoms with van der Waals surface area (Å²) in [5.41, 5.74) is 9.48. The van der Waals surface area contributed by atoms with Gasteiger partial charge in [0.15, 0.2) is 0 Å². The number of halogens is 3. The molecule has 1 saturated carbocycles. The van der Waals surface area contributed by atoms with Gasteiger partial charge in [-0.15, -0.1) is 0 Å². The van der Waals surface area contributed by atoms with E-state index in [4.69, 9.17) is 5.73 Å². The monoisotopic (exact) mass is 461 g/mol. The first-order chi connectivity index (χ1) is 15.5. The molecule has 3 aliphatic rings. The van der Waals surface area contributed by atoms with Gasteiger partial charge in [0.05, 0.1) is 11.6 Å². The molecule has 33 heavy (non-hydrogen) atoms. The maximum absolute atomic E-state index is 13.3. The van der Waals surface area contributed by atoms with Crippen molar-refractivity contribution in [2.45, 2.75) is 51.7 Å². The second-order valence-corrected chi connectivity index (χ2v) is 9.73. The summed E-state index contributed by atoms with van der Waals surface area (Å²) in [6.07, 6.45) is 3.12. The minimum Gasteiger partial charge on any atom is -0.383 e. The number of nitrogens with zero attached hydrogens (tertiary/aromatic N) is 4. The zero-order valence-electron chi connectivity index (χ0n) is 19.8. The first-order valence-electron chi connectivity index (χ1n) is 11.7. The maximum atomic E-state index is 13.3. The van der Waals surface area contributed by atoms with E-state index in [-0.39, 0.29) is 6.04 Å². The number of rotatable bonds is 7. The fraction of sp³-hybridized carbons (Fsp3) is 0.560. The SMILES string of the molecule is C=C(CC1CC1)N(/C=C(\C)c1cnc(N)c(C(F)(F)F)c1)C1CC(N2CCN(C)CC2)=C1C. The van der Waals surface area contributed by atoms with Gasteiger partial charge in [-0.2, -0.15) is 13.2 Å². The molecule has 0 bridgehead atoms. The molecule has 1 aromatic rings. The van der Waals surface area contributed by atoms with Crippen LogP contribution in [0, 0.1) is 5.92 Å². The van der Waals surface area contributed by atoms with E-state index in [0.717, 1.165) is 50.8 Å². The predicted molar refractivity (Wildman–Crippen MR) is 126 cm³/mol. The van der Waals surface area contributed by atoms with E-state index in [0.29, 0.717) is 17.1 Å². The molecule has 5 nitrogen and oxygen atoms in total. The van der Waals surface area contributed by atoms with Gasteiger partial charge in [0, 0.05) is 56.4 Å². The van der Waals surface area contributed by atoms with Crippen LogP contribution in [0.1, 0.15) is 50.7 Å². The lowest BCUT2D eigenvalue weighted by atomic mass is 9.85. The Morgan fingerprint density at radius 1 is 1.27 bits per heavy atom. The molecule has 1 aliphatic heterocycles. The number of piperazine rings is 1. The predicted octanol–water partition coefficient (Wildman–Crippen LogP) is 4.95. The number of nitrogens with two attached hydrogens (primary N) is 1. The van der Waals surface area contributed by atoms with Gasteiger partial charge in [-0.25, -0.2) is 4.98 Å². The summed E-state index contributed by atoms with van der Waals surface area (Å²) in [5, 5.41) is 0. The average Bonchev–Trinajstić information content (AvgIpc) is 3.56. The van der Waals surface area contributed by atoms with Crippen molar-refractivity contribution in [2.24, 2.45) is 5.92 Å². The minimum atomic E-state index is -4.53. The molecule has 180 valence electrons. The van der Waals surface area contributed by atoms with E-state index < -0.39 is 17.6 Å². The number of nitrogen functional groups attached to an aromatic ring is 1. The molecule has 4 rings (SSSR count). The molecule has 2 heterocycles. The maximum Gasteiger partial charge on any atom is 0.419 e. The van der Waals surface area contributed by atoms with Crippen molar-refractivity contribution in [3.05, 3.63) is 53.1 Å². The third-order valence-electron chi connectivity index (χ3n) is 7.16. The van der Waals surface area contributed by atoms with Crippen LogP contribution in [-0.4, -0.2) is 59.0 Å². The largest absolute Gasteiger partial charge is 0.419 e. The summed E-state index contributed by atoms with van der Waals surface area (Å²) in [6, 6.07) is 1.28. The van der Waals surface area contributed by atoms with Crippen LogP contribution in [0.2, 0.25) is 0 Å². The molecule has 8 heteroatoms. The Bertz CT molecular complexity index is 969. The molecule has 0 amide bonds. The normalized spacial score (nSPS) is 22.4. The smallest absolute Gasteiger partial charge is 0.383 e. The zero-order chi connectivity index (χ0) is 23.9. The Hall–Kier alpha value is -2.48. The van der Waals surface area contributed by atoms with E-state index in [9.17, 15) is 13.2 Å². The number of hydrogen-bond acceptors (Lipinski definition) is 5. The highest BCUT2D eigenvalue weighted by molar-refractivity contribution is 5.65. The molecule has 2 N–H and O–H groups in total. The molecular weight excluding hydrogens is 427 g/mol. The number of pyridine rings is 1. The van der Waals surface area contributed by atoms with Crippen LogP contribution in [-0.2, 0) is 6.18 Å². The van der Waals surface area contributed by atoms with E-state index in [1.807, 2.05) is 13.1 Å². The van der Waals surface area contributed by atoms with Crippen LogP contribution in [0.15, 0.2) is 42.0 Å². The van der Waals surface area contributed by atoms with Gasteiger partial charge >= 0.3 is 6.18 Å². The van der Waals surface area contributed by atoms with E-state index >= 15 is 0 Å². The highest BCUT2D eigenvalue weighted by atomic mass is 19.4. The first-order valence-corrected chi connectivity index (χ1v) is 11.7. The number of alkyl halides is 3. The fourth-order valence-electron chi connectivity index (χ4n) is 4.68. The number of likely N-dealkylation sites (N-methyl/N-ethyl adjacent to an activating group) is 1. The molecule has 0 spiro atoms. The lowest BCUT2D eigenvalue weighted by molar-refractivity contribution is -0.137. The summed E-state index contributed by atoms with van der Waals surface area (Å²) < 4.78 is 40.0. The van der Waals surface area contributed by atoms with E-state index in [1.54, 1.807) is 0 Å². The van der Waals surface area contributed by atoms with Crippen LogP contribution in [0.3, 0.4) is 0 Å². The highest BCUT2D eigenvalue weighted by Crippen LogP contribution is 2.42. The lowest BCUT2D eigenvalue weighted by Crippen LogP contribution is -2.49. The second kappa shape index (κ2) is 9.05. The molecular formula is C25H34F3N5. The van der Waals surface area contributed by atoms with Crippen molar-refractivity contribution in [3.63, 3.8) is 0 Å². The molecule has 0 radical (unpaired) electrons. The van der Waals surface area contributed by atoms with Crippen molar-refractivity contribution < 1.29 is 13.2 Å². The summed E-state index contributed by atoms with van der Waals surface area (Å²) in [7, 11) is 2.15. The molecule has 2 aliphatic carbocycles. The van der Waals surface area contributed by atoms with Gasteiger partial charge in [-0.3, -0.25) is 0 Å². The number of allylic oxidation sites excluding steroid dienone is 2. The van der Waals surface area contributed by atoms with Gasteiger partial charge in [0.25, 0.3) is 0 Å². The van der Waals surface area contributed by atoms with Crippen molar-refractivity contribution in [1.82, 2.24) is 19.7 Å². The number of aromatic nitrogens is 1. The van der Waals surface area contributed by atoms with Crippen LogP contribution in [0.5, 0.6) is 0 Å². The molecule has 1 unspecified atom stereocenters. The fourth-order valence-corrected chi connectivity index (χ4v) is 4.68. The second-order valence-electron chi connectivity index (χ2n) is 9.73. The Morgan fingerprint density at radius 3 is 2.52 bits per heavy atom. The van der Waals surface area contributed by atoms with Gasteiger partial charge in [-0.05, 0) is 68.9 Å². The summed E-state index contributed by atoms with van der Waals surface area (Å²) >= 11 is 0. The highest BCUT2D eigenvalue weighted by Gasteiger charge is 2.37. The molecule has 2 fully saturated rings. The van der Waals surface area contributed by atoms with Crippen molar-refractivity contribution in [3.8, 4) is 0 Å². The van der Waals surface area contributed by atoms with Crippen molar-refractivity contribution in [2.75, 3.05) is 39.0 Å². The third-order valence-corrected chi connectivity index (χ3v) is 7.16. The van der Waals surface area contributed by atoms with Crippen LogP contribution in [0.4, 0.5) is 19.0 Å². The zero-order valence-corrected chi connectivity index (χ0v) is 19.8. The van der Waals surface area contributed by atoms with Gasteiger partial charge in [0.2, 0.25) is 0 Å². The van der Waals surface area contributed by atoms with Gasteiger partial charge in [-0.1, -0.05) is 6.58 Å². The Balaban J connectivity index is 1.59. The van der Waals surface area contributed by atoms with Crippen LogP contribution < -0.4 is 5.73 Å². The average molecular weight is 462 g/mol. The Labute approximate surface area is 194 Å². The Morgan fingerprint density at radius 2 is 1.94 bits per heavy atom. The Kier molecular flexibility index (Phi) is 6.49. The lowest BCUT2D eigenvalue weighted by Gasteiger charge is -2.47. The number of anilines is 1. The van der Waals surface area contributed by atoms with Crippen LogP contribution >= 0.6 is 0 Å². The van der Waals surface area contributed by atoms with Gasteiger partial charge in [0.1, 0.15) is 5.82 Å².